The van der Waals surface area contributed by atoms with Crippen molar-refractivity contribution in [1.82, 2.24) is 0 Å². The van der Waals surface area contributed by atoms with Gasteiger partial charge in [0.1, 0.15) is 5.75 Å². The highest BCUT2D eigenvalue weighted by molar-refractivity contribution is 9.08. The van der Waals surface area contributed by atoms with Crippen molar-refractivity contribution in [3.63, 3.8) is 0 Å². The first-order valence-corrected chi connectivity index (χ1v) is 5.24. The van der Waals surface area contributed by atoms with Crippen LogP contribution >= 0.6 is 27.5 Å². The molecule has 0 aliphatic carbocycles. The SMILES string of the molecule is COCOc1cccc(Cl)c1CBr. The highest BCUT2D eigenvalue weighted by Crippen LogP contribution is 2.28. The minimum atomic E-state index is 0.236. The molecule has 1 aromatic rings. The molecule has 0 atom stereocenters. The predicted molar refractivity (Wildman–Crippen MR) is 56.6 cm³/mol. The Balaban J connectivity index is 2.85. The lowest BCUT2D eigenvalue weighted by Gasteiger charge is -2.09. The summed E-state index contributed by atoms with van der Waals surface area (Å²) >= 11 is 9.30. The fourth-order valence-corrected chi connectivity index (χ4v) is 1.90. The van der Waals surface area contributed by atoms with Crippen LogP contribution in [-0.2, 0) is 10.1 Å². The summed E-state index contributed by atoms with van der Waals surface area (Å²) in [7, 11) is 1.58. The van der Waals surface area contributed by atoms with Crippen LogP contribution in [0.15, 0.2) is 18.2 Å². The molecule has 2 nitrogen and oxygen atoms in total. The zero-order chi connectivity index (χ0) is 9.68. The van der Waals surface area contributed by atoms with Gasteiger partial charge in [-0.2, -0.15) is 0 Å². The number of ether oxygens (including phenoxy) is 2. The molecule has 0 unspecified atom stereocenters. The maximum Gasteiger partial charge on any atom is 0.188 e. The number of halogens is 2. The van der Waals surface area contributed by atoms with E-state index in [-0.39, 0.29) is 6.79 Å². The van der Waals surface area contributed by atoms with Crippen molar-refractivity contribution in [2.24, 2.45) is 0 Å². The Morgan fingerprint density at radius 1 is 1.46 bits per heavy atom. The Kier molecular flexibility index (Phi) is 4.56. The van der Waals surface area contributed by atoms with Crippen LogP contribution < -0.4 is 4.74 Å². The summed E-state index contributed by atoms with van der Waals surface area (Å²) in [5.74, 6) is 0.756. The van der Waals surface area contributed by atoms with Crippen LogP contribution in [0.5, 0.6) is 5.75 Å². The van der Waals surface area contributed by atoms with Gasteiger partial charge in [0, 0.05) is 23.0 Å². The van der Waals surface area contributed by atoms with Crippen LogP contribution in [0.4, 0.5) is 0 Å². The van der Waals surface area contributed by atoms with E-state index in [4.69, 9.17) is 21.1 Å². The molecular weight excluding hydrogens is 255 g/mol. The van der Waals surface area contributed by atoms with Crippen molar-refractivity contribution in [1.29, 1.82) is 0 Å². The maximum atomic E-state index is 5.96. The van der Waals surface area contributed by atoms with E-state index < -0.39 is 0 Å². The largest absolute Gasteiger partial charge is 0.467 e. The second-order valence-corrected chi connectivity index (χ2v) is 3.37. The van der Waals surface area contributed by atoms with E-state index in [1.807, 2.05) is 18.2 Å². The topological polar surface area (TPSA) is 18.5 Å². The second kappa shape index (κ2) is 5.47. The minimum absolute atomic E-state index is 0.236. The molecule has 0 aliphatic heterocycles. The molecule has 0 radical (unpaired) electrons. The predicted octanol–water partition coefficient (Wildman–Crippen LogP) is 3.22. The molecule has 0 saturated heterocycles. The molecule has 1 aromatic carbocycles. The van der Waals surface area contributed by atoms with E-state index in [0.717, 1.165) is 11.3 Å². The monoisotopic (exact) mass is 264 g/mol. The van der Waals surface area contributed by atoms with Crippen LogP contribution in [0.1, 0.15) is 5.56 Å². The molecule has 0 spiro atoms. The molecule has 0 N–H and O–H groups in total. The van der Waals surface area contributed by atoms with Gasteiger partial charge in [0.15, 0.2) is 6.79 Å². The fourth-order valence-electron chi connectivity index (χ4n) is 0.926. The van der Waals surface area contributed by atoms with Gasteiger partial charge in [-0.25, -0.2) is 0 Å². The molecule has 13 heavy (non-hydrogen) atoms. The van der Waals surface area contributed by atoms with E-state index in [9.17, 15) is 0 Å². The van der Waals surface area contributed by atoms with E-state index in [0.29, 0.717) is 10.4 Å². The third kappa shape index (κ3) is 2.86. The number of hydrogen-bond donors (Lipinski definition) is 0. The number of methoxy groups -OCH3 is 1. The first-order chi connectivity index (χ1) is 6.29. The molecule has 0 heterocycles. The highest BCUT2D eigenvalue weighted by Gasteiger charge is 2.05. The summed E-state index contributed by atoms with van der Waals surface area (Å²) in [6.45, 7) is 0.236. The van der Waals surface area contributed by atoms with E-state index in [1.165, 1.54) is 0 Å². The van der Waals surface area contributed by atoms with Crippen LogP contribution in [0, 0.1) is 0 Å². The van der Waals surface area contributed by atoms with Crippen molar-refractivity contribution in [3.05, 3.63) is 28.8 Å². The normalized spacial score (nSPS) is 10.1. The third-order valence-corrected chi connectivity index (χ3v) is 2.46. The molecule has 4 heteroatoms. The second-order valence-electron chi connectivity index (χ2n) is 2.40. The van der Waals surface area contributed by atoms with Gasteiger partial charge >= 0.3 is 0 Å². The summed E-state index contributed by atoms with van der Waals surface area (Å²) < 4.78 is 10.1. The highest BCUT2D eigenvalue weighted by atomic mass is 79.9. The number of benzene rings is 1. The van der Waals surface area contributed by atoms with Crippen molar-refractivity contribution in [3.8, 4) is 5.75 Å². The third-order valence-electron chi connectivity index (χ3n) is 1.54. The quantitative estimate of drug-likeness (QED) is 0.615. The van der Waals surface area contributed by atoms with Gasteiger partial charge in [-0.05, 0) is 12.1 Å². The average molecular weight is 266 g/mol. The number of alkyl halides is 1. The molecule has 1 rings (SSSR count). The Labute approximate surface area is 90.9 Å². The minimum Gasteiger partial charge on any atom is -0.467 e. The summed E-state index contributed by atoms with van der Waals surface area (Å²) in [6.07, 6.45) is 0. The van der Waals surface area contributed by atoms with E-state index >= 15 is 0 Å². The van der Waals surface area contributed by atoms with Crippen molar-refractivity contribution < 1.29 is 9.47 Å². The van der Waals surface area contributed by atoms with Crippen molar-refractivity contribution >= 4 is 27.5 Å². The molecule has 72 valence electrons. The first-order valence-electron chi connectivity index (χ1n) is 3.74. The Hall–Kier alpha value is -0.250. The lowest BCUT2D eigenvalue weighted by atomic mass is 10.2. The van der Waals surface area contributed by atoms with E-state index in [2.05, 4.69) is 15.9 Å². The van der Waals surface area contributed by atoms with Crippen LogP contribution in [0.2, 0.25) is 5.02 Å². The fraction of sp³-hybridized carbons (Fsp3) is 0.333. The van der Waals surface area contributed by atoms with Gasteiger partial charge in [0.05, 0.1) is 0 Å². The Morgan fingerprint density at radius 3 is 2.85 bits per heavy atom. The molecule has 0 bridgehead atoms. The summed E-state index contributed by atoms with van der Waals surface area (Å²) in [6, 6.07) is 5.54. The molecule has 0 saturated carbocycles. The smallest absolute Gasteiger partial charge is 0.188 e. The number of rotatable bonds is 4. The summed E-state index contributed by atoms with van der Waals surface area (Å²) in [4.78, 5) is 0. The molecule has 0 aromatic heterocycles. The summed E-state index contributed by atoms with van der Waals surface area (Å²) in [5, 5.41) is 1.37. The molecular formula is C9H10BrClO2. The first kappa shape index (κ1) is 10.8. The van der Waals surface area contributed by atoms with Crippen LogP contribution in [0.3, 0.4) is 0 Å². The van der Waals surface area contributed by atoms with Gasteiger partial charge in [-0.3, -0.25) is 0 Å². The lowest BCUT2D eigenvalue weighted by Crippen LogP contribution is -2.01. The molecule has 0 amide bonds. The Bertz CT molecular complexity index is 278. The standard InChI is InChI=1S/C9H10BrClO2/c1-12-6-13-9-4-2-3-8(11)7(9)5-10/h2-4H,5-6H2,1H3. The van der Waals surface area contributed by atoms with Crippen molar-refractivity contribution in [2.75, 3.05) is 13.9 Å². The average Bonchev–Trinajstić information content (AvgIpc) is 2.15. The van der Waals surface area contributed by atoms with Gasteiger partial charge in [-0.1, -0.05) is 33.6 Å². The maximum absolute atomic E-state index is 5.96. The zero-order valence-corrected chi connectivity index (χ0v) is 9.56. The Morgan fingerprint density at radius 2 is 2.23 bits per heavy atom. The van der Waals surface area contributed by atoms with Crippen molar-refractivity contribution in [2.45, 2.75) is 5.33 Å². The number of hydrogen-bond acceptors (Lipinski definition) is 2. The zero-order valence-electron chi connectivity index (χ0n) is 7.22. The van der Waals surface area contributed by atoms with Gasteiger partial charge < -0.3 is 9.47 Å². The summed E-state index contributed by atoms with van der Waals surface area (Å²) in [5.41, 5.74) is 0.946. The van der Waals surface area contributed by atoms with Gasteiger partial charge in [0.2, 0.25) is 0 Å². The van der Waals surface area contributed by atoms with E-state index in [1.54, 1.807) is 7.11 Å². The molecule has 0 aliphatic rings. The lowest BCUT2D eigenvalue weighted by molar-refractivity contribution is 0.0506. The van der Waals surface area contributed by atoms with Crippen LogP contribution in [0.25, 0.3) is 0 Å². The molecule has 0 fully saturated rings. The van der Waals surface area contributed by atoms with Gasteiger partial charge in [-0.15, -0.1) is 0 Å². The van der Waals surface area contributed by atoms with Gasteiger partial charge in [0.25, 0.3) is 0 Å². The van der Waals surface area contributed by atoms with Crippen LogP contribution in [-0.4, -0.2) is 13.9 Å².